The normalized spacial score (nSPS) is 11.8. The van der Waals surface area contributed by atoms with Crippen molar-refractivity contribution >= 4 is 65.0 Å². The Labute approximate surface area is 307 Å². The fourth-order valence-corrected chi connectivity index (χ4v) is 8.60. The number of furan rings is 1. The summed E-state index contributed by atoms with van der Waals surface area (Å²) in [5.74, 6) is 0. The van der Waals surface area contributed by atoms with Crippen molar-refractivity contribution in [3.63, 3.8) is 0 Å². The van der Waals surface area contributed by atoms with Crippen molar-refractivity contribution in [3.8, 4) is 44.5 Å². The van der Waals surface area contributed by atoms with Gasteiger partial charge in [-0.25, -0.2) is 0 Å². The van der Waals surface area contributed by atoms with Gasteiger partial charge in [-0.1, -0.05) is 176 Å². The van der Waals surface area contributed by atoms with E-state index in [-0.39, 0.29) is 0 Å². The predicted molar refractivity (Wildman–Crippen MR) is 225 cm³/mol. The third-order valence-electron chi connectivity index (χ3n) is 11.0. The predicted octanol–water partition coefficient (Wildman–Crippen LogP) is 14.9. The molecule has 11 rings (SSSR count). The SMILES string of the molecule is c1cc(-c2cccc3ccccc23)cc(-c2c3ccccc3c(-c3ccc(-c4cccc5c4oc4cc6ccccc6cc45)cc3)c3ccccc23)c1. The van der Waals surface area contributed by atoms with Gasteiger partial charge in [0.25, 0.3) is 0 Å². The highest BCUT2D eigenvalue weighted by molar-refractivity contribution is 6.22. The third kappa shape index (κ3) is 4.71. The van der Waals surface area contributed by atoms with E-state index in [9.17, 15) is 0 Å². The molecule has 1 nitrogen and oxygen atoms in total. The Kier molecular flexibility index (Phi) is 6.62. The fraction of sp³-hybridized carbons (Fsp3) is 0. The van der Waals surface area contributed by atoms with Crippen LogP contribution in [0.5, 0.6) is 0 Å². The van der Waals surface area contributed by atoms with Gasteiger partial charge >= 0.3 is 0 Å². The molecule has 0 aliphatic carbocycles. The Morgan fingerprint density at radius 1 is 0.264 bits per heavy atom. The van der Waals surface area contributed by atoms with Gasteiger partial charge in [-0.3, -0.25) is 0 Å². The lowest BCUT2D eigenvalue weighted by molar-refractivity contribution is 0.670. The van der Waals surface area contributed by atoms with Crippen LogP contribution in [-0.4, -0.2) is 0 Å². The maximum atomic E-state index is 6.59. The second-order valence-electron chi connectivity index (χ2n) is 14.0. The Morgan fingerprint density at radius 3 is 1.47 bits per heavy atom. The van der Waals surface area contributed by atoms with Crippen LogP contribution in [0.2, 0.25) is 0 Å². The van der Waals surface area contributed by atoms with E-state index in [0.717, 1.165) is 33.1 Å². The molecule has 0 bridgehead atoms. The monoisotopic (exact) mass is 672 g/mol. The Morgan fingerprint density at radius 2 is 0.755 bits per heavy atom. The van der Waals surface area contributed by atoms with Gasteiger partial charge in [-0.15, -0.1) is 0 Å². The summed E-state index contributed by atoms with van der Waals surface area (Å²) in [6, 6.07) is 70.5. The van der Waals surface area contributed by atoms with Crippen molar-refractivity contribution in [2.24, 2.45) is 0 Å². The first kappa shape index (κ1) is 29.7. The maximum Gasteiger partial charge on any atom is 0.143 e. The lowest BCUT2D eigenvalue weighted by Gasteiger charge is -2.18. The summed E-state index contributed by atoms with van der Waals surface area (Å²) in [6.45, 7) is 0. The van der Waals surface area contributed by atoms with E-state index in [2.05, 4.69) is 194 Å². The first-order chi connectivity index (χ1) is 26.3. The Hall–Kier alpha value is -6.96. The summed E-state index contributed by atoms with van der Waals surface area (Å²) in [4.78, 5) is 0. The molecule has 11 aromatic rings. The zero-order chi connectivity index (χ0) is 34.9. The quantitative estimate of drug-likeness (QED) is 0.170. The molecule has 0 aliphatic heterocycles. The highest BCUT2D eigenvalue weighted by Gasteiger charge is 2.18. The van der Waals surface area contributed by atoms with Gasteiger partial charge in [0, 0.05) is 16.3 Å². The van der Waals surface area contributed by atoms with Gasteiger partial charge in [0.05, 0.1) is 0 Å². The van der Waals surface area contributed by atoms with Crippen LogP contribution in [0.25, 0.3) is 110 Å². The molecule has 0 unspecified atom stereocenters. The third-order valence-corrected chi connectivity index (χ3v) is 11.0. The van der Waals surface area contributed by atoms with Crippen LogP contribution in [0, 0.1) is 0 Å². The van der Waals surface area contributed by atoms with Crippen LogP contribution in [0.3, 0.4) is 0 Å². The lowest BCUT2D eigenvalue weighted by atomic mass is 9.85. The average molecular weight is 673 g/mol. The summed E-state index contributed by atoms with van der Waals surface area (Å²) in [6.07, 6.45) is 0. The molecule has 0 saturated heterocycles. The van der Waals surface area contributed by atoms with Crippen molar-refractivity contribution in [2.75, 3.05) is 0 Å². The second kappa shape index (κ2) is 11.8. The van der Waals surface area contributed by atoms with Crippen LogP contribution in [0.1, 0.15) is 0 Å². The highest BCUT2D eigenvalue weighted by atomic mass is 16.3. The van der Waals surface area contributed by atoms with Crippen LogP contribution in [0.15, 0.2) is 199 Å². The molecule has 0 aliphatic rings. The smallest absolute Gasteiger partial charge is 0.143 e. The number of fused-ring (bicyclic) bond motifs is 7. The van der Waals surface area contributed by atoms with Crippen molar-refractivity contribution in [2.45, 2.75) is 0 Å². The van der Waals surface area contributed by atoms with E-state index in [1.807, 2.05) is 0 Å². The maximum absolute atomic E-state index is 6.59. The summed E-state index contributed by atoms with van der Waals surface area (Å²) >= 11 is 0. The first-order valence-electron chi connectivity index (χ1n) is 18.3. The minimum Gasteiger partial charge on any atom is -0.455 e. The molecule has 1 heterocycles. The van der Waals surface area contributed by atoms with Gasteiger partial charge in [-0.2, -0.15) is 0 Å². The van der Waals surface area contributed by atoms with Gasteiger partial charge < -0.3 is 4.42 Å². The molecule has 0 fully saturated rings. The summed E-state index contributed by atoms with van der Waals surface area (Å²) < 4.78 is 6.59. The molecule has 0 atom stereocenters. The zero-order valence-electron chi connectivity index (χ0n) is 28.9. The molecule has 0 N–H and O–H groups in total. The minimum absolute atomic E-state index is 0.920. The van der Waals surface area contributed by atoms with Crippen molar-refractivity contribution in [1.82, 2.24) is 0 Å². The lowest BCUT2D eigenvalue weighted by Crippen LogP contribution is -1.91. The number of hydrogen-bond donors (Lipinski definition) is 0. The number of hydrogen-bond acceptors (Lipinski definition) is 1. The minimum atomic E-state index is 0.920. The topological polar surface area (TPSA) is 13.1 Å². The van der Waals surface area contributed by atoms with Gasteiger partial charge in [-0.05, 0) is 100 Å². The molecule has 1 heteroatoms. The summed E-state index contributed by atoms with van der Waals surface area (Å²) in [7, 11) is 0. The second-order valence-corrected chi connectivity index (χ2v) is 14.0. The number of rotatable bonds is 4. The summed E-state index contributed by atoms with van der Waals surface area (Å²) in [5.41, 5.74) is 11.5. The van der Waals surface area contributed by atoms with Gasteiger partial charge in [0.15, 0.2) is 0 Å². The van der Waals surface area contributed by atoms with Crippen molar-refractivity contribution in [3.05, 3.63) is 194 Å². The molecule has 1 aromatic heterocycles. The molecular formula is C52H32O. The van der Waals surface area contributed by atoms with Crippen LogP contribution < -0.4 is 0 Å². The van der Waals surface area contributed by atoms with E-state index in [0.29, 0.717) is 0 Å². The molecule has 53 heavy (non-hydrogen) atoms. The van der Waals surface area contributed by atoms with Crippen molar-refractivity contribution < 1.29 is 4.42 Å². The molecule has 0 radical (unpaired) electrons. The summed E-state index contributed by atoms with van der Waals surface area (Å²) in [5, 5.41) is 12.2. The first-order valence-corrected chi connectivity index (χ1v) is 18.3. The van der Waals surface area contributed by atoms with Gasteiger partial charge in [0.1, 0.15) is 11.2 Å². The Balaban J connectivity index is 1.07. The van der Waals surface area contributed by atoms with Crippen LogP contribution >= 0.6 is 0 Å². The van der Waals surface area contributed by atoms with Crippen LogP contribution in [0.4, 0.5) is 0 Å². The largest absolute Gasteiger partial charge is 0.455 e. The number of para-hydroxylation sites is 1. The van der Waals surface area contributed by atoms with E-state index in [4.69, 9.17) is 4.42 Å². The van der Waals surface area contributed by atoms with E-state index in [1.54, 1.807) is 0 Å². The molecule has 0 saturated carbocycles. The van der Waals surface area contributed by atoms with E-state index in [1.165, 1.54) is 76.5 Å². The zero-order valence-corrected chi connectivity index (χ0v) is 28.9. The van der Waals surface area contributed by atoms with Crippen LogP contribution in [-0.2, 0) is 0 Å². The number of benzene rings is 10. The molecular weight excluding hydrogens is 641 g/mol. The fourth-order valence-electron chi connectivity index (χ4n) is 8.60. The Bertz CT molecular complexity index is 3150. The molecule has 0 spiro atoms. The molecule has 0 amide bonds. The van der Waals surface area contributed by atoms with E-state index >= 15 is 0 Å². The standard InChI is InChI=1S/C52H32O/c1-2-14-37-32-49-48(31-36(37)13-1)47-25-11-24-42(52(47)53-49)34-26-28-35(29-27-34)50-43-19-5-7-21-45(43)51(46-22-8-6-20-44(46)50)39-17-9-16-38(30-39)41-23-10-15-33-12-3-4-18-40(33)41/h1-32H. The average Bonchev–Trinajstić information content (AvgIpc) is 3.59. The van der Waals surface area contributed by atoms with Gasteiger partial charge in [0.2, 0.25) is 0 Å². The van der Waals surface area contributed by atoms with E-state index < -0.39 is 0 Å². The van der Waals surface area contributed by atoms with Crippen molar-refractivity contribution in [1.29, 1.82) is 0 Å². The highest BCUT2D eigenvalue weighted by Crippen LogP contribution is 2.45. The molecule has 10 aromatic carbocycles. The molecule has 246 valence electrons.